The fraction of sp³-hybridized carbons (Fsp3) is 1.00. The van der Waals surface area contributed by atoms with Gasteiger partial charge in [-0.25, -0.2) is 8.42 Å². The Morgan fingerprint density at radius 3 is 2.36 bits per heavy atom. The molecule has 1 unspecified atom stereocenters. The van der Waals surface area contributed by atoms with Crippen LogP contribution in [0.3, 0.4) is 0 Å². The second-order valence-corrected chi connectivity index (χ2v) is 6.48. The summed E-state index contributed by atoms with van der Waals surface area (Å²) in [6, 6.07) is 0. The Morgan fingerprint density at radius 1 is 1.21 bits per heavy atom. The Labute approximate surface area is 93.0 Å². The van der Waals surface area contributed by atoms with E-state index in [9.17, 15) is 8.42 Å². The normalized spacial score (nSPS) is 14.2. The number of hydrogen-bond acceptors (Lipinski definition) is 2. The Kier molecular flexibility index (Phi) is 7.65. The third kappa shape index (κ3) is 7.63. The van der Waals surface area contributed by atoms with Crippen molar-refractivity contribution in [1.29, 1.82) is 0 Å². The average molecular weight is 241 g/mol. The van der Waals surface area contributed by atoms with Crippen molar-refractivity contribution in [2.24, 2.45) is 5.92 Å². The summed E-state index contributed by atoms with van der Waals surface area (Å²) >= 11 is 5.51. The molecular weight excluding hydrogens is 220 g/mol. The number of alkyl halides is 1. The van der Waals surface area contributed by atoms with Gasteiger partial charge in [0.15, 0.2) is 9.84 Å². The third-order valence-electron chi connectivity index (χ3n) is 2.32. The summed E-state index contributed by atoms with van der Waals surface area (Å²) in [4.78, 5) is 0. The van der Waals surface area contributed by atoms with Crippen LogP contribution < -0.4 is 0 Å². The molecule has 0 heterocycles. The largest absolute Gasteiger partial charge is 0.229 e. The van der Waals surface area contributed by atoms with Crippen LogP contribution in [-0.2, 0) is 9.84 Å². The maximum absolute atomic E-state index is 11.5. The third-order valence-corrected chi connectivity index (χ3v) is 4.58. The maximum Gasteiger partial charge on any atom is 0.150 e. The zero-order valence-corrected chi connectivity index (χ0v) is 10.7. The van der Waals surface area contributed by atoms with Gasteiger partial charge < -0.3 is 0 Å². The molecule has 0 saturated heterocycles. The van der Waals surface area contributed by atoms with Gasteiger partial charge in [0, 0.05) is 5.88 Å². The van der Waals surface area contributed by atoms with E-state index in [4.69, 9.17) is 11.6 Å². The molecule has 0 aliphatic rings. The SMILES string of the molecule is CCC(C)CS(=O)(=O)CCCCCCl. The van der Waals surface area contributed by atoms with E-state index in [-0.39, 0.29) is 5.92 Å². The molecule has 0 radical (unpaired) electrons. The molecule has 86 valence electrons. The molecule has 0 aromatic rings. The summed E-state index contributed by atoms with van der Waals surface area (Å²) in [5.74, 6) is 1.58. The highest BCUT2D eigenvalue weighted by molar-refractivity contribution is 7.91. The van der Waals surface area contributed by atoms with Crippen LogP contribution in [0.1, 0.15) is 39.5 Å². The van der Waals surface area contributed by atoms with Crippen molar-refractivity contribution in [3.8, 4) is 0 Å². The van der Waals surface area contributed by atoms with Gasteiger partial charge in [0.2, 0.25) is 0 Å². The van der Waals surface area contributed by atoms with Crippen LogP contribution in [-0.4, -0.2) is 25.8 Å². The lowest BCUT2D eigenvalue weighted by atomic mass is 10.2. The lowest BCUT2D eigenvalue weighted by Gasteiger charge is -2.08. The van der Waals surface area contributed by atoms with Gasteiger partial charge >= 0.3 is 0 Å². The summed E-state index contributed by atoms with van der Waals surface area (Å²) in [5.41, 5.74) is 0. The van der Waals surface area contributed by atoms with E-state index in [1.807, 2.05) is 13.8 Å². The lowest BCUT2D eigenvalue weighted by molar-refractivity contribution is 0.561. The molecule has 0 bridgehead atoms. The molecule has 0 fully saturated rings. The van der Waals surface area contributed by atoms with E-state index in [1.165, 1.54) is 0 Å². The number of rotatable bonds is 8. The molecule has 0 aromatic heterocycles. The number of hydrogen-bond donors (Lipinski definition) is 0. The fourth-order valence-corrected chi connectivity index (χ4v) is 3.33. The molecule has 0 rings (SSSR count). The maximum atomic E-state index is 11.5. The van der Waals surface area contributed by atoms with Crippen LogP contribution in [0.5, 0.6) is 0 Å². The van der Waals surface area contributed by atoms with Crippen molar-refractivity contribution < 1.29 is 8.42 Å². The molecular formula is C10H21ClO2S. The van der Waals surface area contributed by atoms with Crippen LogP contribution >= 0.6 is 11.6 Å². The van der Waals surface area contributed by atoms with Gasteiger partial charge in [-0.15, -0.1) is 11.6 Å². The first kappa shape index (κ1) is 14.2. The smallest absolute Gasteiger partial charge is 0.150 e. The lowest BCUT2D eigenvalue weighted by Crippen LogP contribution is -2.16. The summed E-state index contributed by atoms with van der Waals surface area (Å²) < 4.78 is 23.1. The first-order chi connectivity index (χ1) is 6.52. The van der Waals surface area contributed by atoms with E-state index in [0.29, 0.717) is 17.4 Å². The van der Waals surface area contributed by atoms with Gasteiger partial charge in [0.25, 0.3) is 0 Å². The van der Waals surface area contributed by atoms with E-state index in [1.54, 1.807) is 0 Å². The highest BCUT2D eigenvalue weighted by Gasteiger charge is 2.13. The monoisotopic (exact) mass is 240 g/mol. The summed E-state index contributed by atoms with van der Waals surface area (Å²) in [7, 11) is -2.82. The number of halogens is 1. The summed E-state index contributed by atoms with van der Waals surface area (Å²) in [5, 5.41) is 0. The molecule has 0 N–H and O–H groups in total. The van der Waals surface area contributed by atoms with Gasteiger partial charge in [-0.2, -0.15) is 0 Å². The van der Waals surface area contributed by atoms with Gasteiger partial charge in [-0.3, -0.25) is 0 Å². The van der Waals surface area contributed by atoms with E-state index in [2.05, 4.69) is 0 Å². The van der Waals surface area contributed by atoms with Crippen LogP contribution in [0.15, 0.2) is 0 Å². The van der Waals surface area contributed by atoms with Crippen molar-refractivity contribution in [3.63, 3.8) is 0 Å². The fourth-order valence-electron chi connectivity index (χ4n) is 1.23. The molecule has 0 amide bonds. The second-order valence-electron chi connectivity index (χ2n) is 3.88. The Hall–Kier alpha value is 0.240. The molecule has 14 heavy (non-hydrogen) atoms. The standard InChI is InChI=1S/C10H21ClO2S/c1-3-10(2)9-14(12,13)8-6-4-5-7-11/h10H,3-9H2,1-2H3. The average Bonchev–Trinajstić information content (AvgIpc) is 2.12. The Morgan fingerprint density at radius 2 is 1.86 bits per heavy atom. The molecule has 0 aromatic carbocycles. The first-order valence-electron chi connectivity index (χ1n) is 5.28. The summed E-state index contributed by atoms with van der Waals surface area (Å²) in [6.45, 7) is 4.00. The topological polar surface area (TPSA) is 34.1 Å². The minimum Gasteiger partial charge on any atom is -0.229 e. The molecule has 0 aliphatic carbocycles. The summed E-state index contributed by atoms with van der Waals surface area (Å²) in [6.07, 6.45) is 3.52. The van der Waals surface area contributed by atoms with Crippen molar-refractivity contribution >= 4 is 21.4 Å². The molecule has 1 atom stereocenters. The second kappa shape index (κ2) is 7.52. The van der Waals surface area contributed by atoms with Crippen LogP contribution in [0.25, 0.3) is 0 Å². The molecule has 0 saturated carbocycles. The predicted molar refractivity (Wildman–Crippen MR) is 62.7 cm³/mol. The molecule has 0 spiro atoms. The van der Waals surface area contributed by atoms with E-state index >= 15 is 0 Å². The van der Waals surface area contributed by atoms with Crippen molar-refractivity contribution in [3.05, 3.63) is 0 Å². The van der Waals surface area contributed by atoms with Crippen molar-refractivity contribution in [1.82, 2.24) is 0 Å². The quantitative estimate of drug-likeness (QED) is 0.483. The van der Waals surface area contributed by atoms with Crippen molar-refractivity contribution in [2.75, 3.05) is 17.4 Å². The van der Waals surface area contributed by atoms with Gasteiger partial charge in [0.1, 0.15) is 0 Å². The highest BCUT2D eigenvalue weighted by Crippen LogP contribution is 2.08. The number of unbranched alkanes of at least 4 members (excludes halogenated alkanes) is 2. The van der Waals surface area contributed by atoms with E-state index < -0.39 is 9.84 Å². The highest BCUT2D eigenvalue weighted by atomic mass is 35.5. The van der Waals surface area contributed by atoms with E-state index in [0.717, 1.165) is 25.7 Å². The van der Waals surface area contributed by atoms with Gasteiger partial charge in [-0.05, 0) is 18.8 Å². The minimum atomic E-state index is -2.82. The van der Waals surface area contributed by atoms with Gasteiger partial charge in [0.05, 0.1) is 11.5 Å². The zero-order valence-electron chi connectivity index (χ0n) is 9.13. The zero-order chi connectivity index (χ0) is 11.0. The molecule has 4 heteroatoms. The Balaban J connectivity index is 3.73. The van der Waals surface area contributed by atoms with Crippen LogP contribution in [0, 0.1) is 5.92 Å². The molecule has 2 nitrogen and oxygen atoms in total. The molecule has 0 aliphatic heterocycles. The van der Waals surface area contributed by atoms with Crippen LogP contribution in [0.2, 0.25) is 0 Å². The minimum absolute atomic E-state index is 0.285. The predicted octanol–water partition coefficient (Wildman–Crippen LogP) is 2.86. The van der Waals surface area contributed by atoms with Crippen molar-refractivity contribution in [2.45, 2.75) is 39.5 Å². The first-order valence-corrected chi connectivity index (χ1v) is 7.63. The Bertz CT molecular complexity index is 224. The number of sulfone groups is 1. The van der Waals surface area contributed by atoms with Crippen LogP contribution in [0.4, 0.5) is 0 Å². The van der Waals surface area contributed by atoms with Gasteiger partial charge in [-0.1, -0.05) is 26.7 Å².